The standard InChI is InChI=1S/C11H19N3O/c1-8(2)9(12-3)7-10-13-6-5-11(14-10)15-4/h5-6,8-9,12H,7H2,1-4H3. The summed E-state index contributed by atoms with van der Waals surface area (Å²) >= 11 is 0. The van der Waals surface area contributed by atoms with E-state index >= 15 is 0 Å². The summed E-state index contributed by atoms with van der Waals surface area (Å²) in [6.45, 7) is 4.36. The summed E-state index contributed by atoms with van der Waals surface area (Å²) in [5, 5.41) is 3.27. The number of nitrogens with one attached hydrogen (secondary N) is 1. The van der Waals surface area contributed by atoms with Gasteiger partial charge in [-0.2, -0.15) is 4.98 Å². The third-order valence-corrected chi connectivity index (χ3v) is 2.47. The van der Waals surface area contributed by atoms with E-state index in [0.717, 1.165) is 12.2 Å². The molecule has 0 aliphatic heterocycles. The van der Waals surface area contributed by atoms with E-state index in [9.17, 15) is 0 Å². The number of ether oxygens (including phenoxy) is 1. The number of likely N-dealkylation sites (N-methyl/N-ethyl adjacent to an activating group) is 1. The predicted octanol–water partition coefficient (Wildman–Crippen LogP) is 1.27. The van der Waals surface area contributed by atoms with Crippen molar-refractivity contribution in [3.8, 4) is 5.88 Å². The summed E-state index contributed by atoms with van der Waals surface area (Å²) < 4.78 is 5.06. The molecule has 0 aliphatic carbocycles. The second kappa shape index (κ2) is 5.66. The van der Waals surface area contributed by atoms with Gasteiger partial charge in [0.05, 0.1) is 7.11 Å². The highest BCUT2D eigenvalue weighted by Gasteiger charge is 2.13. The van der Waals surface area contributed by atoms with E-state index in [1.807, 2.05) is 7.05 Å². The molecule has 0 saturated heterocycles. The molecule has 4 nitrogen and oxygen atoms in total. The molecule has 1 heterocycles. The lowest BCUT2D eigenvalue weighted by molar-refractivity contribution is 0.386. The lowest BCUT2D eigenvalue weighted by Crippen LogP contribution is -2.33. The minimum absolute atomic E-state index is 0.400. The number of methoxy groups -OCH3 is 1. The van der Waals surface area contributed by atoms with Crippen LogP contribution in [0.5, 0.6) is 5.88 Å². The first-order valence-electron chi connectivity index (χ1n) is 5.20. The van der Waals surface area contributed by atoms with E-state index in [4.69, 9.17) is 4.74 Å². The maximum atomic E-state index is 5.06. The first-order valence-corrected chi connectivity index (χ1v) is 5.20. The van der Waals surface area contributed by atoms with Crippen LogP contribution in [0.15, 0.2) is 12.3 Å². The molecule has 84 valence electrons. The Hall–Kier alpha value is -1.16. The molecule has 0 fully saturated rings. The van der Waals surface area contributed by atoms with Gasteiger partial charge >= 0.3 is 0 Å². The van der Waals surface area contributed by atoms with Gasteiger partial charge in [-0.15, -0.1) is 0 Å². The molecule has 0 aliphatic rings. The second-order valence-electron chi connectivity index (χ2n) is 3.86. The Labute approximate surface area is 91.1 Å². The molecule has 0 amide bonds. The lowest BCUT2D eigenvalue weighted by Gasteiger charge is -2.19. The zero-order chi connectivity index (χ0) is 11.3. The van der Waals surface area contributed by atoms with Crippen molar-refractivity contribution >= 4 is 0 Å². The van der Waals surface area contributed by atoms with E-state index in [-0.39, 0.29) is 0 Å². The Balaban J connectivity index is 2.70. The van der Waals surface area contributed by atoms with Crippen LogP contribution in [0.25, 0.3) is 0 Å². The zero-order valence-corrected chi connectivity index (χ0v) is 9.82. The number of nitrogens with zero attached hydrogens (tertiary/aromatic N) is 2. The molecule has 0 saturated carbocycles. The Morgan fingerprint density at radius 3 is 2.73 bits per heavy atom. The maximum Gasteiger partial charge on any atom is 0.216 e. The van der Waals surface area contributed by atoms with Crippen LogP contribution < -0.4 is 10.1 Å². The fraction of sp³-hybridized carbons (Fsp3) is 0.636. The fourth-order valence-electron chi connectivity index (χ4n) is 1.46. The van der Waals surface area contributed by atoms with Crippen LogP contribution in [0.1, 0.15) is 19.7 Å². The third-order valence-electron chi connectivity index (χ3n) is 2.47. The monoisotopic (exact) mass is 209 g/mol. The average Bonchev–Trinajstić information content (AvgIpc) is 2.25. The molecule has 0 radical (unpaired) electrons. The summed E-state index contributed by atoms with van der Waals surface area (Å²) in [7, 11) is 3.58. The lowest BCUT2D eigenvalue weighted by atomic mass is 10.0. The Morgan fingerprint density at radius 2 is 2.20 bits per heavy atom. The molecule has 0 spiro atoms. The van der Waals surface area contributed by atoms with Crippen LogP contribution in [0.4, 0.5) is 0 Å². The summed E-state index contributed by atoms with van der Waals surface area (Å²) in [6, 6.07) is 2.16. The summed E-state index contributed by atoms with van der Waals surface area (Å²) in [6.07, 6.45) is 2.56. The molecule has 0 aromatic carbocycles. The highest BCUT2D eigenvalue weighted by Crippen LogP contribution is 2.09. The summed E-state index contributed by atoms with van der Waals surface area (Å²) in [4.78, 5) is 8.51. The number of hydrogen-bond donors (Lipinski definition) is 1. The molecule has 1 unspecified atom stereocenters. The molecule has 4 heteroatoms. The predicted molar refractivity (Wildman–Crippen MR) is 60.0 cm³/mol. The SMILES string of the molecule is CNC(Cc1nccc(OC)n1)C(C)C. The smallest absolute Gasteiger partial charge is 0.216 e. The fourth-order valence-corrected chi connectivity index (χ4v) is 1.46. The first kappa shape index (κ1) is 11.9. The van der Waals surface area contributed by atoms with Crippen molar-refractivity contribution in [3.63, 3.8) is 0 Å². The van der Waals surface area contributed by atoms with Gasteiger partial charge in [0.15, 0.2) is 0 Å². The van der Waals surface area contributed by atoms with Crippen molar-refractivity contribution < 1.29 is 4.74 Å². The highest BCUT2D eigenvalue weighted by molar-refractivity contribution is 5.08. The molecule has 15 heavy (non-hydrogen) atoms. The van der Waals surface area contributed by atoms with E-state index in [2.05, 4.69) is 29.1 Å². The first-order chi connectivity index (χ1) is 7.17. The van der Waals surface area contributed by atoms with Gasteiger partial charge in [0.2, 0.25) is 5.88 Å². The second-order valence-corrected chi connectivity index (χ2v) is 3.86. The van der Waals surface area contributed by atoms with Gasteiger partial charge in [0.25, 0.3) is 0 Å². The molecule has 1 atom stereocenters. The van der Waals surface area contributed by atoms with E-state index in [0.29, 0.717) is 17.8 Å². The highest BCUT2D eigenvalue weighted by atomic mass is 16.5. The average molecular weight is 209 g/mol. The van der Waals surface area contributed by atoms with Crippen molar-refractivity contribution in [2.75, 3.05) is 14.2 Å². The summed E-state index contributed by atoms with van der Waals surface area (Å²) in [5.41, 5.74) is 0. The topological polar surface area (TPSA) is 47.0 Å². The van der Waals surface area contributed by atoms with Gasteiger partial charge in [-0.05, 0) is 13.0 Å². The van der Waals surface area contributed by atoms with Crippen molar-refractivity contribution in [3.05, 3.63) is 18.1 Å². The van der Waals surface area contributed by atoms with Gasteiger partial charge in [0, 0.05) is 24.7 Å². The number of hydrogen-bond acceptors (Lipinski definition) is 4. The van der Waals surface area contributed by atoms with E-state index < -0.39 is 0 Å². The maximum absolute atomic E-state index is 5.06. The van der Waals surface area contributed by atoms with Crippen LogP contribution in [-0.4, -0.2) is 30.2 Å². The zero-order valence-electron chi connectivity index (χ0n) is 9.82. The Bertz CT molecular complexity index is 302. The van der Waals surface area contributed by atoms with Crippen LogP contribution in [-0.2, 0) is 6.42 Å². The van der Waals surface area contributed by atoms with Crippen LogP contribution in [0, 0.1) is 5.92 Å². The van der Waals surface area contributed by atoms with Crippen LogP contribution in [0.2, 0.25) is 0 Å². The van der Waals surface area contributed by atoms with E-state index in [1.165, 1.54) is 0 Å². The van der Waals surface area contributed by atoms with Gasteiger partial charge in [-0.1, -0.05) is 13.8 Å². The number of rotatable bonds is 5. The number of aromatic nitrogens is 2. The Kier molecular flexibility index (Phi) is 4.49. The minimum atomic E-state index is 0.400. The van der Waals surface area contributed by atoms with Crippen molar-refractivity contribution in [2.45, 2.75) is 26.3 Å². The van der Waals surface area contributed by atoms with Gasteiger partial charge in [-0.3, -0.25) is 0 Å². The van der Waals surface area contributed by atoms with Crippen molar-refractivity contribution in [2.24, 2.45) is 5.92 Å². The molecular weight excluding hydrogens is 190 g/mol. The molecule has 1 aromatic rings. The quantitative estimate of drug-likeness (QED) is 0.793. The molecular formula is C11H19N3O. The van der Waals surface area contributed by atoms with Gasteiger partial charge in [0.1, 0.15) is 5.82 Å². The van der Waals surface area contributed by atoms with Gasteiger partial charge < -0.3 is 10.1 Å². The molecule has 1 rings (SSSR count). The third kappa shape index (κ3) is 3.47. The summed E-state index contributed by atoms with van der Waals surface area (Å²) in [5.74, 6) is 2.01. The molecule has 1 N–H and O–H groups in total. The molecule has 1 aromatic heterocycles. The van der Waals surface area contributed by atoms with E-state index in [1.54, 1.807) is 19.4 Å². The Morgan fingerprint density at radius 1 is 1.47 bits per heavy atom. The van der Waals surface area contributed by atoms with Crippen molar-refractivity contribution in [1.82, 2.24) is 15.3 Å². The van der Waals surface area contributed by atoms with Crippen molar-refractivity contribution in [1.29, 1.82) is 0 Å². The largest absolute Gasteiger partial charge is 0.481 e. The van der Waals surface area contributed by atoms with Crippen LogP contribution >= 0.6 is 0 Å². The van der Waals surface area contributed by atoms with Crippen LogP contribution in [0.3, 0.4) is 0 Å². The minimum Gasteiger partial charge on any atom is -0.481 e. The normalized spacial score (nSPS) is 12.9. The van der Waals surface area contributed by atoms with Gasteiger partial charge in [-0.25, -0.2) is 4.98 Å². The molecule has 0 bridgehead atoms.